The van der Waals surface area contributed by atoms with Crippen molar-refractivity contribution >= 4 is 16.5 Å². The van der Waals surface area contributed by atoms with Crippen molar-refractivity contribution in [2.24, 2.45) is 5.73 Å². The number of hydrogen-bond acceptors (Lipinski definition) is 3. The van der Waals surface area contributed by atoms with Gasteiger partial charge in [0.05, 0.1) is 0 Å². The lowest BCUT2D eigenvalue weighted by Crippen LogP contribution is -1.95. The first-order valence-corrected chi connectivity index (χ1v) is 4.86. The minimum atomic E-state index is 0.541. The average Bonchev–Trinajstić information content (AvgIpc) is 2.30. The van der Waals surface area contributed by atoms with Gasteiger partial charge in [-0.25, -0.2) is 0 Å². The van der Waals surface area contributed by atoms with E-state index < -0.39 is 0 Å². The molecule has 1 heterocycles. The summed E-state index contributed by atoms with van der Waals surface area (Å²) in [4.78, 5) is 4.08. The molecule has 2 aromatic rings. The molecule has 0 saturated heterocycles. The Kier molecular flexibility index (Phi) is 2.95. The molecule has 0 atom stereocenters. The van der Waals surface area contributed by atoms with E-state index in [0.717, 1.165) is 16.5 Å². The van der Waals surface area contributed by atoms with Gasteiger partial charge in [0.2, 0.25) is 0 Å². The minimum absolute atomic E-state index is 0.541. The van der Waals surface area contributed by atoms with Crippen LogP contribution in [0.15, 0.2) is 48.9 Å². The van der Waals surface area contributed by atoms with E-state index in [1.165, 1.54) is 0 Å². The van der Waals surface area contributed by atoms with Crippen LogP contribution in [0.4, 0.5) is 5.69 Å². The van der Waals surface area contributed by atoms with Gasteiger partial charge in [0.25, 0.3) is 0 Å². The number of rotatable bonds is 3. The molecule has 0 saturated carbocycles. The standard InChI is InChI=1S/C12H13N3/c13-6-2-7-15-12-4-1-3-10-9-14-8-5-11(10)12/h1-5,7-9,15H,6,13H2. The van der Waals surface area contributed by atoms with Gasteiger partial charge in [0.15, 0.2) is 0 Å². The maximum Gasteiger partial charge on any atom is 0.0460 e. The van der Waals surface area contributed by atoms with Crippen LogP contribution in [0.2, 0.25) is 0 Å². The molecule has 0 aliphatic heterocycles. The molecule has 0 aliphatic rings. The molecule has 3 heteroatoms. The number of nitrogens with zero attached hydrogens (tertiary/aromatic N) is 1. The number of benzene rings is 1. The third-order valence-corrected chi connectivity index (χ3v) is 2.17. The topological polar surface area (TPSA) is 50.9 Å². The van der Waals surface area contributed by atoms with Crippen LogP contribution >= 0.6 is 0 Å². The molecule has 15 heavy (non-hydrogen) atoms. The molecule has 1 aromatic carbocycles. The Morgan fingerprint density at radius 1 is 1.33 bits per heavy atom. The fourth-order valence-corrected chi connectivity index (χ4v) is 1.47. The highest BCUT2D eigenvalue weighted by Gasteiger charge is 1.97. The summed E-state index contributed by atoms with van der Waals surface area (Å²) in [5.74, 6) is 0. The van der Waals surface area contributed by atoms with Crippen molar-refractivity contribution in [1.82, 2.24) is 4.98 Å². The molecule has 0 radical (unpaired) electrons. The van der Waals surface area contributed by atoms with E-state index in [2.05, 4.69) is 10.3 Å². The summed E-state index contributed by atoms with van der Waals surface area (Å²) in [6.45, 7) is 0.541. The van der Waals surface area contributed by atoms with E-state index in [1.807, 2.05) is 42.7 Å². The lowest BCUT2D eigenvalue weighted by molar-refractivity contribution is 1.25. The fraction of sp³-hybridized carbons (Fsp3) is 0.0833. The first kappa shape index (κ1) is 9.68. The third-order valence-electron chi connectivity index (χ3n) is 2.17. The molecule has 0 aliphatic carbocycles. The lowest BCUT2D eigenvalue weighted by atomic mass is 10.1. The van der Waals surface area contributed by atoms with Gasteiger partial charge < -0.3 is 11.1 Å². The quantitative estimate of drug-likeness (QED) is 0.796. The van der Waals surface area contributed by atoms with Gasteiger partial charge >= 0.3 is 0 Å². The SMILES string of the molecule is NCC=CNc1cccc2cnccc12. The van der Waals surface area contributed by atoms with Crippen molar-refractivity contribution < 1.29 is 0 Å². The molecular weight excluding hydrogens is 186 g/mol. The Morgan fingerprint density at radius 3 is 3.13 bits per heavy atom. The molecule has 3 nitrogen and oxygen atoms in total. The van der Waals surface area contributed by atoms with Crippen LogP contribution in [-0.4, -0.2) is 11.5 Å². The zero-order valence-electron chi connectivity index (χ0n) is 8.35. The van der Waals surface area contributed by atoms with E-state index in [9.17, 15) is 0 Å². The lowest BCUT2D eigenvalue weighted by Gasteiger charge is -2.05. The van der Waals surface area contributed by atoms with Gasteiger partial charge in [-0.2, -0.15) is 0 Å². The first-order valence-electron chi connectivity index (χ1n) is 4.86. The molecule has 0 bridgehead atoms. The van der Waals surface area contributed by atoms with Crippen LogP contribution in [0, 0.1) is 0 Å². The van der Waals surface area contributed by atoms with Gasteiger partial charge in [-0.05, 0) is 18.3 Å². The molecule has 0 unspecified atom stereocenters. The monoisotopic (exact) mass is 199 g/mol. The largest absolute Gasteiger partial charge is 0.361 e. The highest BCUT2D eigenvalue weighted by Crippen LogP contribution is 2.21. The second-order valence-electron chi connectivity index (χ2n) is 3.18. The Balaban J connectivity index is 2.38. The second-order valence-corrected chi connectivity index (χ2v) is 3.18. The van der Waals surface area contributed by atoms with Crippen molar-refractivity contribution in [2.75, 3.05) is 11.9 Å². The predicted molar refractivity (Wildman–Crippen MR) is 63.6 cm³/mol. The Morgan fingerprint density at radius 2 is 2.27 bits per heavy atom. The van der Waals surface area contributed by atoms with Crippen LogP contribution < -0.4 is 11.1 Å². The van der Waals surface area contributed by atoms with Crippen LogP contribution in [0.1, 0.15) is 0 Å². The van der Waals surface area contributed by atoms with Crippen LogP contribution in [-0.2, 0) is 0 Å². The molecule has 0 amide bonds. The number of pyridine rings is 1. The zero-order chi connectivity index (χ0) is 10.5. The molecule has 2 rings (SSSR count). The van der Waals surface area contributed by atoms with Crippen molar-refractivity contribution in [1.29, 1.82) is 0 Å². The maximum atomic E-state index is 5.37. The first-order chi connectivity index (χ1) is 7.42. The minimum Gasteiger partial charge on any atom is -0.361 e. The van der Waals surface area contributed by atoms with Crippen molar-refractivity contribution in [3.05, 3.63) is 48.9 Å². The van der Waals surface area contributed by atoms with Crippen molar-refractivity contribution in [2.45, 2.75) is 0 Å². The highest BCUT2D eigenvalue weighted by atomic mass is 14.8. The van der Waals surface area contributed by atoms with Gasteiger partial charge in [-0.3, -0.25) is 4.98 Å². The van der Waals surface area contributed by atoms with Gasteiger partial charge in [-0.15, -0.1) is 0 Å². The van der Waals surface area contributed by atoms with E-state index in [4.69, 9.17) is 5.73 Å². The van der Waals surface area contributed by atoms with Crippen LogP contribution in [0.25, 0.3) is 10.8 Å². The Labute approximate surface area is 88.6 Å². The Hall–Kier alpha value is -1.87. The summed E-state index contributed by atoms with van der Waals surface area (Å²) < 4.78 is 0. The van der Waals surface area contributed by atoms with Gasteiger partial charge in [-0.1, -0.05) is 18.2 Å². The highest BCUT2D eigenvalue weighted by molar-refractivity contribution is 5.93. The van der Waals surface area contributed by atoms with Gasteiger partial charge in [0, 0.05) is 35.4 Å². The number of hydrogen-bond donors (Lipinski definition) is 2. The normalized spacial score (nSPS) is 11.0. The van der Waals surface area contributed by atoms with Crippen LogP contribution in [0.3, 0.4) is 0 Å². The Bertz CT molecular complexity index is 472. The number of aromatic nitrogens is 1. The van der Waals surface area contributed by atoms with E-state index in [-0.39, 0.29) is 0 Å². The number of nitrogens with two attached hydrogens (primary N) is 1. The average molecular weight is 199 g/mol. The summed E-state index contributed by atoms with van der Waals surface area (Å²) >= 11 is 0. The molecular formula is C12H13N3. The fourth-order valence-electron chi connectivity index (χ4n) is 1.47. The third kappa shape index (κ3) is 2.14. The summed E-state index contributed by atoms with van der Waals surface area (Å²) in [6, 6.07) is 8.07. The van der Waals surface area contributed by atoms with E-state index >= 15 is 0 Å². The zero-order valence-corrected chi connectivity index (χ0v) is 8.35. The van der Waals surface area contributed by atoms with E-state index in [0.29, 0.717) is 6.54 Å². The summed E-state index contributed by atoms with van der Waals surface area (Å²) in [5.41, 5.74) is 6.44. The van der Waals surface area contributed by atoms with Crippen molar-refractivity contribution in [3.63, 3.8) is 0 Å². The maximum absolute atomic E-state index is 5.37. The molecule has 0 fully saturated rings. The molecule has 3 N–H and O–H groups in total. The molecule has 1 aromatic heterocycles. The molecule has 0 spiro atoms. The van der Waals surface area contributed by atoms with Crippen molar-refractivity contribution in [3.8, 4) is 0 Å². The number of anilines is 1. The van der Waals surface area contributed by atoms with Gasteiger partial charge in [0.1, 0.15) is 0 Å². The summed E-state index contributed by atoms with van der Waals surface area (Å²) in [5, 5.41) is 5.49. The van der Waals surface area contributed by atoms with E-state index in [1.54, 1.807) is 6.20 Å². The number of fused-ring (bicyclic) bond motifs is 1. The molecule has 76 valence electrons. The second kappa shape index (κ2) is 4.57. The smallest absolute Gasteiger partial charge is 0.0460 e. The summed E-state index contributed by atoms with van der Waals surface area (Å²) in [7, 11) is 0. The predicted octanol–water partition coefficient (Wildman–Crippen LogP) is 2.12. The number of nitrogens with one attached hydrogen (secondary N) is 1. The van der Waals surface area contributed by atoms with Crippen LogP contribution in [0.5, 0.6) is 0 Å². The summed E-state index contributed by atoms with van der Waals surface area (Å²) in [6.07, 6.45) is 7.38.